The maximum Gasteiger partial charge on any atom is 0.277 e. The van der Waals surface area contributed by atoms with Crippen LogP contribution in [-0.4, -0.2) is 42.3 Å². The van der Waals surface area contributed by atoms with Crippen LogP contribution >= 0.6 is 11.3 Å². The van der Waals surface area contributed by atoms with Crippen LogP contribution in [0, 0.1) is 5.92 Å². The monoisotopic (exact) mass is 410 g/mol. The minimum atomic E-state index is -0.126. The van der Waals surface area contributed by atoms with Crippen molar-refractivity contribution in [2.75, 3.05) is 13.1 Å². The van der Waals surface area contributed by atoms with Crippen molar-refractivity contribution in [1.82, 2.24) is 29.2 Å². The van der Waals surface area contributed by atoms with Crippen LogP contribution in [0.4, 0.5) is 0 Å². The number of hydrogen-bond donors (Lipinski definition) is 0. The van der Waals surface area contributed by atoms with Crippen LogP contribution in [0.2, 0.25) is 0 Å². The summed E-state index contributed by atoms with van der Waals surface area (Å²) in [5.41, 5.74) is 1.20. The molecule has 0 aromatic carbocycles. The molecular weight excluding hydrogens is 388 g/mol. The van der Waals surface area contributed by atoms with E-state index in [0.29, 0.717) is 29.7 Å². The lowest BCUT2D eigenvalue weighted by molar-refractivity contribution is 0.157. The molecule has 1 fully saturated rings. The Balaban J connectivity index is 1.34. The van der Waals surface area contributed by atoms with Gasteiger partial charge in [0, 0.05) is 18.9 Å². The smallest absolute Gasteiger partial charge is 0.277 e. The molecule has 5 rings (SSSR count). The van der Waals surface area contributed by atoms with Crippen LogP contribution in [-0.2, 0) is 13.1 Å². The zero-order chi connectivity index (χ0) is 19.8. The van der Waals surface area contributed by atoms with E-state index in [0.717, 1.165) is 23.7 Å². The molecule has 0 amide bonds. The topological polar surface area (TPSA) is 81.5 Å². The molecule has 4 aromatic heterocycles. The fourth-order valence-electron chi connectivity index (χ4n) is 3.89. The van der Waals surface area contributed by atoms with Crippen molar-refractivity contribution in [2.24, 2.45) is 5.92 Å². The molecule has 1 atom stereocenters. The minimum Gasteiger partial charge on any atom is -0.338 e. The van der Waals surface area contributed by atoms with Crippen LogP contribution < -0.4 is 5.56 Å². The van der Waals surface area contributed by atoms with Crippen LogP contribution in [0.1, 0.15) is 31.5 Å². The summed E-state index contributed by atoms with van der Waals surface area (Å²) < 4.78 is 8.63. The first-order chi connectivity index (χ1) is 14.2. The van der Waals surface area contributed by atoms with Gasteiger partial charge in [0.05, 0.1) is 18.0 Å². The second kappa shape index (κ2) is 7.57. The molecule has 0 saturated carbocycles. The maximum absolute atomic E-state index is 12.9. The Labute approximate surface area is 171 Å². The van der Waals surface area contributed by atoms with E-state index in [9.17, 15) is 4.79 Å². The highest BCUT2D eigenvalue weighted by atomic mass is 32.1. The summed E-state index contributed by atoms with van der Waals surface area (Å²) in [6.07, 6.45) is 5.98. The molecule has 1 unspecified atom stereocenters. The van der Waals surface area contributed by atoms with Crippen molar-refractivity contribution < 1.29 is 4.52 Å². The number of hydrogen-bond acceptors (Lipinski definition) is 7. The van der Waals surface area contributed by atoms with Gasteiger partial charge in [0.1, 0.15) is 11.2 Å². The Hall–Kier alpha value is -2.78. The van der Waals surface area contributed by atoms with Crippen molar-refractivity contribution in [1.29, 1.82) is 0 Å². The summed E-state index contributed by atoms with van der Waals surface area (Å²) >= 11 is 1.60. The van der Waals surface area contributed by atoms with Crippen LogP contribution in [0.25, 0.3) is 16.1 Å². The molecule has 4 aromatic rings. The van der Waals surface area contributed by atoms with E-state index in [2.05, 4.69) is 27.1 Å². The van der Waals surface area contributed by atoms with Crippen LogP contribution in [0.15, 0.2) is 45.3 Å². The lowest BCUT2D eigenvalue weighted by Crippen LogP contribution is -2.33. The van der Waals surface area contributed by atoms with Crippen LogP contribution in [0.3, 0.4) is 0 Å². The van der Waals surface area contributed by atoms with Gasteiger partial charge in [0.15, 0.2) is 5.82 Å². The summed E-state index contributed by atoms with van der Waals surface area (Å²) in [7, 11) is 0. The highest BCUT2D eigenvalue weighted by Gasteiger charge is 2.19. The summed E-state index contributed by atoms with van der Waals surface area (Å²) in [6, 6.07) is 5.79. The summed E-state index contributed by atoms with van der Waals surface area (Å²) in [5.74, 6) is 1.81. The normalized spacial score (nSPS) is 17.9. The Morgan fingerprint density at radius 1 is 1.31 bits per heavy atom. The fourth-order valence-corrected chi connectivity index (χ4v) is 4.57. The molecule has 150 valence electrons. The summed E-state index contributed by atoms with van der Waals surface area (Å²) in [6.45, 7) is 5.33. The van der Waals surface area contributed by atoms with E-state index < -0.39 is 0 Å². The zero-order valence-electron chi connectivity index (χ0n) is 16.2. The molecule has 1 saturated heterocycles. The fraction of sp³-hybridized carbons (Fsp3) is 0.400. The average Bonchev–Trinajstić information content (AvgIpc) is 3.44. The SMILES string of the molecule is CC1CCCN(Cc2nc(Cn3ccn4nc(-c5cccs5)cc4c3=O)no2)C1. The first kappa shape index (κ1) is 18.3. The highest BCUT2D eigenvalue weighted by Crippen LogP contribution is 2.23. The molecule has 29 heavy (non-hydrogen) atoms. The first-order valence-corrected chi connectivity index (χ1v) is 10.7. The number of likely N-dealkylation sites (tertiary alicyclic amines) is 1. The molecular formula is C20H22N6O2S. The van der Waals surface area contributed by atoms with E-state index in [-0.39, 0.29) is 12.1 Å². The molecule has 0 radical (unpaired) electrons. The Bertz CT molecular complexity index is 1180. The number of thiophene rings is 1. The Morgan fingerprint density at radius 2 is 2.24 bits per heavy atom. The number of fused-ring (bicyclic) bond motifs is 1. The molecule has 0 spiro atoms. The maximum atomic E-state index is 12.9. The zero-order valence-corrected chi connectivity index (χ0v) is 17.0. The van der Waals surface area contributed by atoms with Gasteiger partial charge in [-0.05, 0) is 42.8 Å². The van der Waals surface area contributed by atoms with E-state index in [1.54, 1.807) is 32.8 Å². The Morgan fingerprint density at radius 3 is 3.07 bits per heavy atom. The molecule has 0 N–H and O–H groups in total. The van der Waals surface area contributed by atoms with Crippen molar-refractivity contribution in [3.63, 3.8) is 0 Å². The third-order valence-electron chi connectivity index (χ3n) is 5.30. The van der Waals surface area contributed by atoms with Gasteiger partial charge in [-0.15, -0.1) is 11.3 Å². The van der Waals surface area contributed by atoms with Gasteiger partial charge in [0.25, 0.3) is 5.56 Å². The van der Waals surface area contributed by atoms with Gasteiger partial charge in [-0.2, -0.15) is 10.1 Å². The lowest BCUT2D eigenvalue weighted by Gasteiger charge is -2.29. The average molecular weight is 411 g/mol. The third-order valence-corrected chi connectivity index (χ3v) is 6.19. The Kier molecular flexibility index (Phi) is 4.76. The first-order valence-electron chi connectivity index (χ1n) is 9.82. The number of rotatable bonds is 5. The van der Waals surface area contributed by atoms with Crippen molar-refractivity contribution in [3.05, 3.63) is 58.0 Å². The second-order valence-electron chi connectivity index (χ2n) is 7.65. The predicted molar refractivity (Wildman–Crippen MR) is 110 cm³/mol. The van der Waals surface area contributed by atoms with Gasteiger partial charge in [-0.25, -0.2) is 4.52 Å². The molecule has 1 aliphatic heterocycles. The summed E-state index contributed by atoms with van der Waals surface area (Å²) in [5, 5.41) is 10.6. The molecule has 8 nitrogen and oxygen atoms in total. The standard InChI is InChI=1S/C20H22N6O2S/c1-14-4-2-6-24(11-14)13-19-21-18(23-28-19)12-25-7-8-26-16(20(25)27)10-15(22-26)17-5-3-9-29-17/h3,5,7-10,14H,2,4,6,11-13H2,1H3. The molecule has 9 heteroatoms. The largest absolute Gasteiger partial charge is 0.338 e. The molecule has 1 aliphatic rings. The highest BCUT2D eigenvalue weighted by molar-refractivity contribution is 7.13. The number of piperidine rings is 1. The van der Waals surface area contributed by atoms with E-state index in [1.807, 2.05) is 23.6 Å². The van der Waals surface area contributed by atoms with E-state index in [4.69, 9.17) is 4.52 Å². The van der Waals surface area contributed by atoms with Gasteiger partial charge in [-0.1, -0.05) is 18.1 Å². The van der Waals surface area contributed by atoms with Crippen LogP contribution in [0.5, 0.6) is 0 Å². The van der Waals surface area contributed by atoms with Gasteiger partial charge < -0.3 is 9.09 Å². The lowest BCUT2D eigenvalue weighted by atomic mass is 10.0. The molecule has 0 bridgehead atoms. The predicted octanol–water partition coefficient (Wildman–Crippen LogP) is 2.89. The number of aromatic nitrogens is 5. The quantitative estimate of drug-likeness (QED) is 0.503. The minimum absolute atomic E-state index is 0.126. The van der Waals surface area contributed by atoms with Crippen molar-refractivity contribution in [3.8, 4) is 10.6 Å². The van der Waals surface area contributed by atoms with E-state index in [1.165, 1.54) is 12.8 Å². The molecule has 0 aliphatic carbocycles. The summed E-state index contributed by atoms with van der Waals surface area (Å²) in [4.78, 5) is 20.8. The van der Waals surface area contributed by atoms with Gasteiger partial charge in [0.2, 0.25) is 5.89 Å². The molecule has 5 heterocycles. The van der Waals surface area contributed by atoms with Gasteiger partial charge in [-0.3, -0.25) is 9.69 Å². The van der Waals surface area contributed by atoms with Crippen molar-refractivity contribution in [2.45, 2.75) is 32.9 Å². The van der Waals surface area contributed by atoms with Crippen molar-refractivity contribution >= 4 is 16.9 Å². The third kappa shape index (κ3) is 3.75. The number of nitrogens with zero attached hydrogens (tertiary/aromatic N) is 6. The second-order valence-corrected chi connectivity index (χ2v) is 8.60. The van der Waals surface area contributed by atoms with Gasteiger partial charge >= 0.3 is 0 Å². The van der Waals surface area contributed by atoms with E-state index >= 15 is 0 Å².